The number of alkyl halides is 3. The minimum absolute atomic E-state index is 0.0371. The lowest BCUT2D eigenvalue weighted by molar-refractivity contribution is -0.141. The maximum atomic E-state index is 13.6. The molecule has 1 aliphatic heterocycles. The zero-order valence-corrected chi connectivity index (χ0v) is 12.4. The van der Waals surface area contributed by atoms with Gasteiger partial charge < -0.3 is 9.47 Å². The minimum Gasteiger partial charge on any atom is -0.467 e. The van der Waals surface area contributed by atoms with E-state index in [-0.39, 0.29) is 24.3 Å². The molecule has 3 rings (SSSR count). The van der Waals surface area contributed by atoms with Crippen molar-refractivity contribution in [3.05, 3.63) is 47.0 Å². The van der Waals surface area contributed by atoms with E-state index in [4.69, 9.17) is 9.47 Å². The maximum Gasteiger partial charge on any atom is 0.433 e. The molecule has 1 aliphatic rings. The second-order valence-electron chi connectivity index (χ2n) is 4.67. The van der Waals surface area contributed by atoms with E-state index in [0.717, 1.165) is 24.0 Å². The Balaban J connectivity index is 1.80. The lowest BCUT2D eigenvalue weighted by Gasteiger charge is -2.20. The van der Waals surface area contributed by atoms with E-state index < -0.39 is 17.7 Å². The molecule has 0 unspecified atom stereocenters. The number of hydrogen-bond acceptors (Lipinski definition) is 5. The monoisotopic (exact) mass is 346 g/mol. The molecule has 9 heteroatoms. The van der Waals surface area contributed by atoms with Crippen LogP contribution < -0.4 is 4.74 Å². The summed E-state index contributed by atoms with van der Waals surface area (Å²) < 4.78 is 61.9. The Labute approximate surface area is 132 Å². The molecule has 0 spiro atoms. The van der Waals surface area contributed by atoms with Crippen LogP contribution >= 0.6 is 11.8 Å². The van der Waals surface area contributed by atoms with Crippen molar-refractivity contribution in [3.63, 3.8) is 0 Å². The molecule has 2 heterocycles. The van der Waals surface area contributed by atoms with Gasteiger partial charge in [0, 0.05) is 23.1 Å². The summed E-state index contributed by atoms with van der Waals surface area (Å²) in [5.41, 5.74) is 0.0760. The van der Waals surface area contributed by atoms with E-state index >= 15 is 0 Å². The van der Waals surface area contributed by atoms with Crippen molar-refractivity contribution < 1.29 is 27.0 Å². The van der Waals surface area contributed by atoms with Crippen LogP contribution in [0.5, 0.6) is 5.75 Å². The van der Waals surface area contributed by atoms with Crippen molar-refractivity contribution in [2.45, 2.75) is 23.7 Å². The predicted octanol–water partition coefficient (Wildman–Crippen LogP) is 3.79. The van der Waals surface area contributed by atoms with Crippen molar-refractivity contribution in [2.24, 2.45) is 0 Å². The predicted molar refractivity (Wildman–Crippen MR) is 73.3 cm³/mol. The Bertz CT molecular complexity index is 724. The number of thioether (sulfide) groups is 1. The van der Waals surface area contributed by atoms with Crippen LogP contribution in [0.2, 0.25) is 0 Å². The summed E-state index contributed by atoms with van der Waals surface area (Å²) in [5.74, 6) is 0.219. The van der Waals surface area contributed by atoms with Gasteiger partial charge >= 0.3 is 6.18 Å². The fourth-order valence-corrected chi connectivity index (χ4v) is 2.87. The third-order valence-electron chi connectivity index (χ3n) is 3.03. The van der Waals surface area contributed by atoms with Crippen LogP contribution in [-0.4, -0.2) is 16.8 Å². The SMILES string of the molecule is Fc1cc2c(c(CSc3nccc(C(F)(F)F)n3)c1)OCOC2. The number of ether oxygens (including phenoxy) is 2. The van der Waals surface area contributed by atoms with E-state index in [2.05, 4.69) is 9.97 Å². The molecule has 0 amide bonds. The first-order valence-electron chi connectivity index (χ1n) is 6.48. The molecule has 0 fully saturated rings. The van der Waals surface area contributed by atoms with Gasteiger partial charge in [0.25, 0.3) is 0 Å². The standard InChI is InChI=1S/C14H10F4N2O2S/c15-10-3-8-5-21-7-22-12(8)9(4-10)6-23-13-19-2-1-11(20-13)14(16,17)18/h1-4H,5-7H2. The van der Waals surface area contributed by atoms with Crippen molar-refractivity contribution >= 4 is 11.8 Å². The van der Waals surface area contributed by atoms with Gasteiger partial charge in [0.1, 0.15) is 17.3 Å². The first kappa shape index (κ1) is 16.0. The average molecular weight is 346 g/mol. The summed E-state index contributed by atoms with van der Waals surface area (Å²) in [6.07, 6.45) is -3.49. The van der Waals surface area contributed by atoms with Crippen molar-refractivity contribution in [1.29, 1.82) is 0 Å². The highest BCUT2D eigenvalue weighted by atomic mass is 32.2. The Kier molecular flexibility index (Phi) is 4.40. The third-order valence-corrected chi connectivity index (χ3v) is 3.94. The molecule has 0 aliphatic carbocycles. The van der Waals surface area contributed by atoms with E-state index in [1.165, 1.54) is 12.1 Å². The molecule has 0 saturated heterocycles. The van der Waals surface area contributed by atoms with Gasteiger partial charge in [-0.15, -0.1) is 0 Å². The molecule has 23 heavy (non-hydrogen) atoms. The van der Waals surface area contributed by atoms with Gasteiger partial charge in [-0.1, -0.05) is 11.8 Å². The number of aromatic nitrogens is 2. The fraction of sp³-hybridized carbons (Fsp3) is 0.286. The lowest BCUT2D eigenvalue weighted by atomic mass is 10.1. The summed E-state index contributed by atoms with van der Waals surface area (Å²) in [5, 5.41) is -0.0371. The Morgan fingerprint density at radius 1 is 1.26 bits per heavy atom. The fourth-order valence-electron chi connectivity index (χ4n) is 2.07. The lowest BCUT2D eigenvalue weighted by Crippen LogP contribution is -2.13. The number of halogens is 4. The molecule has 4 nitrogen and oxygen atoms in total. The topological polar surface area (TPSA) is 44.2 Å². The number of nitrogens with zero attached hydrogens (tertiary/aromatic N) is 2. The van der Waals surface area contributed by atoms with Gasteiger partial charge in [-0.05, 0) is 18.2 Å². The zero-order chi connectivity index (χ0) is 16.4. The third kappa shape index (κ3) is 3.73. The smallest absolute Gasteiger partial charge is 0.433 e. The number of fused-ring (bicyclic) bond motifs is 1. The molecule has 2 aromatic rings. The Morgan fingerprint density at radius 3 is 2.87 bits per heavy atom. The zero-order valence-electron chi connectivity index (χ0n) is 11.6. The van der Waals surface area contributed by atoms with Crippen LogP contribution in [0, 0.1) is 5.82 Å². The molecule has 122 valence electrons. The molecule has 1 aromatic carbocycles. The number of hydrogen-bond donors (Lipinski definition) is 0. The van der Waals surface area contributed by atoms with E-state index in [1.807, 2.05) is 0 Å². The number of benzene rings is 1. The highest BCUT2D eigenvalue weighted by molar-refractivity contribution is 7.98. The summed E-state index contributed by atoms with van der Waals surface area (Å²) in [7, 11) is 0. The quantitative estimate of drug-likeness (QED) is 0.481. The van der Waals surface area contributed by atoms with Crippen molar-refractivity contribution in [3.8, 4) is 5.75 Å². The van der Waals surface area contributed by atoms with Gasteiger partial charge in [0.15, 0.2) is 11.9 Å². The Morgan fingerprint density at radius 2 is 2.09 bits per heavy atom. The van der Waals surface area contributed by atoms with Gasteiger partial charge in [-0.25, -0.2) is 14.4 Å². The first-order chi connectivity index (χ1) is 10.9. The second kappa shape index (κ2) is 6.32. The van der Waals surface area contributed by atoms with Gasteiger partial charge in [0.2, 0.25) is 0 Å². The van der Waals surface area contributed by atoms with E-state index in [0.29, 0.717) is 16.9 Å². The molecular weight excluding hydrogens is 336 g/mol. The van der Waals surface area contributed by atoms with Gasteiger partial charge in [-0.3, -0.25) is 0 Å². The van der Waals surface area contributed by atoms with Crippen LogP contribution in [-0.2, 0) is 23.3 Å². The Hall–Kier alpha value is -1.87. The van der Waals surface area contributed by atoms with E-state index in [1.54, 1.807) is 0 Å². The highest BCUT2D eigenvalue weighted by Gasteiger charge is 2.32. The normalized spacial score (nSPS) is 14.3. The van der Waals surface area contributed by atoms with Crippen LogP contribution in [0.3, 0.4) is 0 Å². The summed E-state index contributed by atoms with van der Waals surface area (Å²) in [6, 6.07) is 3.39. The summed E-state index contributed by atoms with van der Waals surface area (Å²) >= 11 is 0.976. The van der Waals surface area contributed by atoms with Crippen LogP contribution in [0.25, 0.3) is 0 Å². The highest BCUT2D eigenvalue weighted by Crippen LogP contribution is 2.34. The molecular formula is C14H10F4N2O2S. The molecule has 0 atom stereocenters. The summed E-state index contributed by atoms with van der Waals surface area (Å²) in [6.45, 7) is 0.279. The summed E-state index contributed by atoms with van der Waals surface area (Å²) in [4.78, 5) is 7.26. The molecule has 0 N–H and O–H groups in total. The van der Waals surface area contributed by atoms with Gasteiger partial charge in [0.05, 0.1) is 6.61 Å². The van der Waals surface area contributed by atoms with Crippen LogP contribution in [0.4, 0.5) is 17.6 Å². The maximum absolute atomic E-state index is 13.6. The molecule has 0 bridgehead atoms. The van der Waals surface area contributed by atoms with Crippen LogP contribution in [0.15, 0.2) is 29.6 Å². The van der Waals surface area contributed by atoms with Crippen molar-refractivity contribution in [1.82, 2.24) is 9.97 Å². The molecule has 0 saturated carbocycles. The largest absolute Gasteiger partial charge is 0.467 e. The average Bonchev–Trinajstić information content (AvgIpc) is 2.52. The molecule has 0 radical (unpaired) electrons. The number of rotatable bonds is 3. The second-order valence-corrected chi connectivity index (χ2v) is 5.62. The minimum atomic E-state index is -4.53. The molecule has 1 aromatic heterocycles. The van der Waals surface area contributed by atoms with Crippen molar-refractivity contribution in [2.75, 3.05) is 6.79 Å². The van der Waals surface area contributed by atoms with Gasteiger partial charge in [-0.2, -0.15) is 13.2 Å². The van der Waals surface area contributed by atoms with E-state index in [9.17, 15) is 17.6 Å². The van der Waals surface area contributed by atoms with Crippen LogP contribution in [0.1, 0.15) is 16.8 Å². The first-order valence-corrected chi connectivity index (χ1v) is 7.47.